The van der Waals surface area contributed by atoms with E-state index in [9.17, 15) is 14.0 Å². The van der Waals surface area contributed by atoms with Gasteiger partial charge in [-0.3, -0.25) is 9.59 Å². The summed E-state index contributed by atoms with van der Waals surface area (Å²) >= 11 is 0. The van der Waals surface area contributed by atoms with Gasteiger partial charge in [0.1, 0.15) is 5.82 Å². The predicted molar refractivity (Wildman–Crippen MR) is 73.5 cm³/mol. The number of hydrogen-bond donors (Lipinski definition) is 2. The molecule has 0 saturated heterocycles. The van der Waals surface area contributed by atoms with Crippen LogP contribution in [0.3, 0.4) is 0 Å². The number of benzene rings is 1. The number of carbonyl (C=O) groups excluding carboxylic acids is 2. The molecule has 0 bridgehead atoms. The van der Waals surface area contributed by atoms with Crippen molar-refractivity contribution in [1.29, 1.82) is 0 Å². The van der Waals surface area contributed by atoms with Gasteiger partial charge in [0.05, 0.1) is 12.6 Å². The quantitative estimate of drug-likeness (QED) is 0.795. The van der Waals surface area contributed by atoms with Gasteiger partial charge in [0, 0.05) is 24.9 Å². The molecule has 0 aliphatic carbocycles. The highest BCUT2D eigenvalue weighted by molar-refractivity contribution is 6.03. The number of anilines is 1. The Labute approximate surface area is 116 Å². The molecule has 1 rings (SSSR count). The molecule has 2 N–H and O–H groups in total. The zero-order valence-corrected chi connectivity index (χ0v) is 11.3. The molecule has 1 atom stereocenters. The summed E-state index contributed by atoms with van der Waals surface area (Å²) < 4.78 is 12.7. The van der Waals surface area contributed by atoms with Gasteiger partial charge in [0.25, 0.3) is 0 Å². The van der Waals surface area contributed by atoms with E-state index >= 15 is 0 Å². The van der Waals surface area contributed by atoms with Crippen molar-refractivity contribution in [1.82, 2.24) is 4.90 Å². The summed E-state index contributed by atoms with van der Waals surface area (Å²) in [6, 6.07) is 4.96. The van der Waals surface area contributed by atoms with Crippen LogP contribution >= 0.6 is 0 Å². The topological polar surface area (TPSA) is 69.6 Å². The molecular weight excluding hydrogens is 263 g/mol. The summed E-state index contributed by atoms with van der Waals surface area (Å²) in [5.74, 6) is -1.27. The highest BCUT2D eigenvalue weighted by Gasteiger charge is 2.12. The van der Waals surface area contributed by atoms with Gasteiger partial charge in [0.2, 0.25) is 11.8 Å². The number of likely N-dealkylation sites (N-methyl/N-ethyl adjacent to an activating group) is 1. The molecule has 0 fully saturated rings. The van der Waals surface area contributed by atoms with E-state index in [1.165, 1.54) is 36.2 Å². The Hall–Kier alpha value is -2.21. The van der Waals surface area contributed by atoms with Gasteiger partial charge in [-0.2, -0.15) is 0 Å². The minimum atomic E-state index is -0.491. The van der Waals surface area contributed by atoms with Crippen molar-refractivity contribution in [2.45, 2.75) is 13.0 Å². The van der Waals surface area contributed by atoms with Gasteiger partial charge in [-0.1, -0.05) is 0 Å². The minimum Gasteiger partial charge on any atom is -0.394 e. The number of rotatable bonds is 5. The maximum absolute atomic E-state index is 12.7. The van der Waals surface area contributed by atoms with E-state index in [-0.39, 0.29) is 18.6 Å². The number of aliphatic hydroxyl groups excluding tert-OH is 1. The molecule has 1 unspecified atom stereocenters. The van der Waals surface area contributed by atoms with Crippen LogP contribution in [0.2, 0.25) is 0 Å². The second-order valence-corrected chi connectivity index (χ2v) is 4.31. The van der Waals surface area contributed by atoms with Gasteiger partial charge in [-0.05, 0) is 31.2 Å². The maximum atomic E-state index is 12.7. The molecule has 0 heterocycles. The SMILES string of the molecule is CC(CO)N(C)C(=O)/C=C/C(=O)Nc1ccc(F)cc1. The molecule has 0 radical (unpaired) electrons. The molecule has 6 heteroatoms. The van der Waals surface area contributed by atoms with E-state index in [0.29, 0.717) is 5.69 Å². The Bertz CT molecular complexity index is 500. The summed E-state index contributed by atoms with van der Waals surface area (Å²) in [4.78, 5) is 24.5. The fourth-order valence-electron chi connectivity index (χ4n) is 1.32. The zero-order chi connectivity index (χ0) is 15.1. The average Bonchev–Trinajstić information content (AvgIpc) is 2.45. The molecule has 108 valence electrons. The van der Waals surface area contributed by atoms with E-state index in [1.54, 1.807) is 6.92 Å². The Morgan fingerprint density at radius 3 is 2.50 bits per heavy atom. The molecule has 0 aliphatic rings. The number of nitrogens with zero attached hydrogens (tertiary/aromatic N) is 1. The van der Waals surface area contributed by atoms with Gasteiger partial charge in [-0.15, -0.1) is 0 Å². The third-order valence-corrected chi connectivity index (χ3v) is 2.76. The molecule has 1 aromatic rings. The minimum absolute atomic E-state index is 0.155. The summed E-state index contributed by atoms with van der Waals surface area (Å²) in [7, 11) is 1.53. The maximum Gasteiger partial charge on any atom is 0.248 e. The lowest BCUT2D eigenvalue weighted by atomic mass is 10.3. The fourth-order valence-corrected chi connectivity index (χ4v) is 1.32. The van der Waals surface area contributed by atoms with Crippen molar-refractivity contribution in [2.24, 2.45) is 0 Å². The van der Waals surface area contributed by atoms with Gasteiger partial charge >= 0.3 is 0 Å². The molecule has 0 aromatic heterocycles. The summed E-state index contributed by atoms with van der Waals surface area (Å²) in [6.07, 6.45) is 2.21. The van der Waals surface area contributed by atoms with Crippen molar-refractivity contribution >= 4 is 17.5 Å². The zero-order valence-electron chi connectivity index (χ0n) is 11.3. The second-order valence-electron chi connectivity index (χ2n) is 4.31. The van der Waals surface area contributed by atoms with Crippen LogP contribution in [0, 0.1) is 5.82 Å². The van der Waals surface area contributed by atoms with E-state index < -0.39 is 11.7 Å². The third-order valence-electron chi connectivity index (χ3n) is 2.76. The molecule has 5 nitrogen and oxygen atoms in total. The Balaban J connectivity index is 2.55. The van der Waals surface area contributed by atoms with E-state index in [2.05, 4.69) is 5.32 Å². The molecule has 0 spiro atoms. The summed E-state index contributed by atoms with van der Waals surface area (Å²) in [6.45, 7) is 1.53. The van der Waals surface area contributed by atoms with Crippen LogP contribution in [0.15, 0.2) is 36.4 Å². The molecule has 20 heavy (non-hydrogen) atoms. The first kappa shape index (κ1) is 15.8. The normalized spacial score (nSPS) is 12.2. The highest BCUT2D eigenvalue weighted by Crippen LogP contribution is 2.08. The van der Waals surface area contributed by atoms with Crippen LogP contribution < -0.4 is 5.32 Å². The average molecular weight is 280 g/mol. The van der Waals surface area contributed by atoms with Gasteiger partial charge in [-0.25, -0.2) is 4.39 Å². The number of nitrogens with one attached hydrogen (secondary N) is 1. The monoisotopic (exact) mass is 280 g/mol. The highest BCUT2D eigenvalue weighted by atomic mass is 19.1. The Kier molecular flexibility index (Phi) is 5.86. The Morgan fingerprint density at radius 1 is 1.35 bits per heavy atom. The lowest BCUT2D eigenvalue weighted by Gasteiger charge is -2.21. The Morgan fingerprint density at radius 2 is 1.95 bits per heavy atom. The van der Waals surface area contributed by atoms with Gasteiger partial charge in [0.15, 0.2) is 0 Å². The first-order chi connectivity index (χ1) is 9.43. The molecule has 0 aliphatic heterocycles. The number of amides is 2. The van der Waals surface area contributed by atoms with Crippen LogP contribution in [-0.4, -0.2) is 41.5 Å². The largest absolute Gasteiger partial charge is 0.394 e. The summed E-state index contributed by atoms with van der Waals surface area (Å²) in [5, 5.41) is 11.4. The molecule has 2 amide bonds. The van der Waals surface area contributed by atoms with Crippen molar-refractivity contribution in [3.63, 3.8) is 0 Å². The lowest BCUT2D eigenvalue weighted by Crippen LogP contribution is -2.36. The fraction of sp³-hybridized carbons (Fsp3) is 0.286. The number of aliphatic hydroxyl groups is 1. The number of carbonyl (C=O) groups is 2. The third kappa shape index (κ3) is 4.81. The smallest absolute Gasteiger partial charge is 0.248 e. The van der Waals surface area contributed by atoms with Crippen molar-refractivity contribution in [3.05, 3.63) is 42.2 Å². The lowest BCUT2D eigenvalue weighted by molar-refractivity contribution is -0.127. The van der Waals surface area contributed by atoms with E-state index in [4.69, 9.17) is 5.11 Å². The first-order valence-electron chi connectivity index (χ1n) is 6.06. The molecular formula is C14H17FN2O3. The predicted octanol–water partition coefficient (Wildman–Crippen LogP) is 1.16. The number of hydrogen-bond acceptors (Lipinski definition) is 3. The van der Waals surface area contributed by atoms with Crippen molar-refractivity contribution in [2.75, 3.05) is 19.0 Å². The summed E-state index contributed by atoms with van der Waals surface area (Å²) in [5.41, 5.74) is 0.436. The molecule has 1 aromatic carbocycles. The van der Waals surface area contributed by atoms with Crippen LogP contribution in [-0.2, 0) is 9.59 Å². The van der Waals surface area contributed by atoms with E-state index in [0.717, 1.165) is 12.2 Å². The van der Waals surface area contributed by atoms with Crippen LogP contribution in [0.1, 0.15) is 6.92 Å². The van der Waals surface area contributed by atoms with Crippen molar-refractivity contribution in [3.8, 4) is 0 Å². The molecule has 0 saturated carbocycles. The van der Waals surface area contributed by atoms with Gasteiger partial charge < -0.3 is 15.3 Å². The van der Waals surface area contributed by atoms with Crippen molar-refractivity contribution < 1.29 is 19.1 Å². The number of halogens is 1. The standard InChI is InChI=1S/C14H17FN2O3/c1-10(9-18)17(2)14(20)8-7-13(19)16-12-5-3-11(15)4-6-12/h3-8,10,18H,9H2,1-2H3,(H,16,19)/b8-7+. The first-order valence-corrected chi connectivity index (χ1v) is 6.06. The second kappa shape index (κ2) is 7.40. The van der Waals surface area contributed by atoms with Crippen LogP contribution in [0.25, 0.3) is 0 Å². The van der Waals surface area contributed by atoms with E-state index in [1.807, 2.05) is 0 Å². The van der Waals surface area contributed by atoms with Crippen LogP contribution in [0.5, 0.6) is 0 Å². The van der Waals surface area contributed by atoms with Crippen LogP contribution in [0.4, 0.5) is 10.1 Å².